The molecule has 2 aromatic rings. The van der Waals surface area contributed by atoms with E-state index in [9.17, 15) is 0 Å². The van der Waals surface area contributed by atoms with Crippen LogP contribution < -0.4 is 10.6 Å². The Labute approximate surface area is 113 Å². The van der Waals surface area contributed by atoms with Gasteiger partial charge in [0.25, 0.3) is 0 Å². The molecule has 98 valence electrons. The summed E-state index contributed by atoms with van der Waals surface area (Å²) in [7, 11) is 1.88. The smallest absolute Gasteiger partial charge is 0.163 e. The minimum Gasteiger partial charge on any atom is -0.373 e. The van der Waals surface area contributed by atoms with Crippen molar-refractivity contribution in [3.8, 4) is 11.4 Å². The van der Waals surface area contributed by atoms with Crippen molar-refractivity contribution in [2.75, 3.05) is 17.7 Å². The van der Waals surface area contributed by atoms with Gasteiger partial charge in [-0.2, -0.15) is 0 Å². The summed E-state index contributed by atoms with van der Waals surface area (Å²) < 4.78 is 0. The molecule has 0 saturated heterocycles. The second kappa shape index (κ2) is 4.88. The monoisotopic (exact) mass is 254 g/mol. The zero-order valence-electron chi connectivity index (χ0n) is 11.2. The number of hydrogen-bond acceptors (Lipinski definition) is 4. The molecule has 0 spiro atoms. The number of benzene rings is 1. The molecule has 4 heteroatoms. The Hall–Kier alpha value is -2.10. The molecular weight excluding hydrogens is 236 g/mol. The molecule has 19 heavy (non-hydrogen) atoms. The number of nitrogens with one attached hydrogen (secondary N) is 2. The van der Waals surface area contributed by atoms with Gasteiger partial charge in [-0.05, 0) is 12.3 Å². The Kier molecular flexibility index (Phi) is 3.07. The summed E-state index contributed by atoms with van der Waals surface area (Å²) in [5.41, 5.74) is 1.03. The van der Waals surface area contributed by atoms with Crippen molar-refractivity contribution < 1.29 is 0 Å². The van der Waals surface area contributed by atoms with Crippen LogP contribution in [-0.2, 0) is 0 Å². The van der Waals surface area contributed by atoms with Gasteiger partial charge in [-0.15, -0.1) is 0 Å². The molecule has 0 radical (unpaired) electrons. The first-order valence-electron chi connectivity index (χ1n) is 6.65. The fourth-order valence-corrected chi connectivity index (χ4v) is 2.08. The van der Waals surface area contributed by atoms with E-state index < -0.39 is 0 Å². The molecule has 0 amide bonds. The van der Waals surface area contributed by atoms with E-state index in [1.165, 1.54) is 6.42 Å². The molecule has 1 aliphatic carbocycles. The quantitative estimate of drug-likeness (QED) is 0.880. The predicted octanol–water partition coefficient (Wildman–Crippen LogP) is 3.01. The van der Waals surface area contributed by atoms with Crippen LogP contribution in [-0.4, -0.2) is 23.1 Å². The Bertz CT molecular complexity index is 568. The summed E-state index contributed by atoms with van der Waals surface area (Å²) in [5.74, 6) is 3.23. The molecule has 0 bridgehead atoms. The van der Waals surface area contributed by atoms with E-state index in [2.05, 4.69) is 27.5 Å². The molecule has 1 fully saturated rings. The van der Waals surface area contributed by atoms with Crippen molar-refractivity contribution in [2.24, 2.45) is 5.92 Å². The lowest BCUT2D eigenvalue weighted by Crippen LogP contribution is -2.07. The van der Waals surface area contributed by atoms with Crippen LogP contribution in [0.15, 0.2) is 36.4 Å². The Morgan fingerprint density at radius 1 is 1.11 bits per heavy atom. The summed E-state index contributed by atoms with van der Waals surface area (Å²) >= 11 is 0. The summed E-state index contributed by atoms with van der Waals surface area (Å²) in [6.07, 6.45) is 1.22. The highest BCUT2D eigenvalue weighted by Crippen LogP contribution is 2.33. The number of anilines is 2. The van der Waals surface area contributed by atoms with Crippen LogP contribution in [0.2, 0.25) is 0 Å². The van der Waals surface area contributed by atoms with E-state index in [0.717, 1.165) is 28.9 Å². The number of rotatable bonds is 4. The van der Waals surface area contributed by atoms with Crippen LogP contribution in [0.1, 0.15) is 13.3 Å². The van der Waals surface area contributed by atoms with Gasteiger partial charge in [0, 0.05) is 24.7 Å². The maximum absolute atomic E-state index is 4.60. The molecule has 3 rings (SSSR count). The van der Waals surface area contributed by atoms with E-state index in [-0.39, 0.29) is 0 Å². The molecule has 1 aromatic carbocycles. The van der Waals surface area contributed by atoms with Gasteiger partial charge in [-0.25, -0.2) is 9.97 Å². The van der Waals surface area contributed by atoms with Gasteiger partial charge in [0.15, 0.2) is 5.82 Å². The van der Waals surface area contributed by atoms with Crippen molar-refractivity contribution in [3.63, 3.8) is 0 Å². The maximum atomic E-state index is 4.60. The molecule has 2 atom stereocenters. The van der Waals surface area contributed by atoms with E-state index in [1.807, 2.05) is 43.4 Å². The third-order valence-corrected chi connectivity index (χ3v) is 3.46. The highest BCUT2D eigenvalue weighted by atomic mass is 15.1. The molecule has 0 aliphatic heterocycles. The average molecular weight is 254 g/mol. The fourth-order valence-electron chi connectivity index (χ4n) is 2.08. The number of nitrogens with zero attached hydrogens (tertiary/aromatic N) is 2. The molecule has 1 heterocycles. The summed E-state index contributed by atoms with van der Waals surface area (Å²) in [5, 5.41) is 6.55. The van der Waals surface area contributed by atoms with E-state index >= 15 is 0 Å². The molecule has 1 aliphatic rings. The topological polar surface area (TPSA) is 49.8 Å². The zero-order valence-corrected chi connectivity index (χ0v) is 11.2. The number of hydrogen-bond donors (Lipinski definition) is 2. The lowest BCUT2D eigenvalue weighted by Gasteiger charge is -2.09. The lowest BCUT2D eigenvalue weighted by molar-refractivity contribution is 0.922. The van der Waals surface area contributed by atoms with Crippen molar-refractivity contribution in [1.29, 1.82) is 0 Å². The van der Waals surface area contributed by atoms with Gasteiger partial charge < -0.3 is 10.6 Å². The third-order valence-electron chi connectivity index (χ3n) is 3.46. The standard InChI is InChI=1S/C15H18N4/c1-10-8-12(10)17-14-9-13(16-2)18-15(19-14)11-6-4-3-5-7-11/h3-7,9-10,12H,8H2,1-2H3,(H2,16,17,18,19). The maximum Gasteiger partial charge on any atom is 0.163 e. The number of aromatic nitrogens is 2. The van der Waals surface area contributed by atoms with Crippen molar-refractivity contribution in [1.82, 2.24) is 9.97 Å². The van der Waals surface area contributed by atoms with Crippen LogP contribution >= 0.6 is 0 Å². The van der Waals surface area contributed by atoms with E-state index in [1.54, 1.807) is 0 Å². The Balaban J connectivity index is 1.93. The van der Waals surface area contributed by atoms with Crippen molar-refractivity contribution in [3.05, 3.63) is 36.4 Å². The minimum atomic E-state index is 0.559. The Morgan fingerprint density at radius 3 is 2.42 bits per heavy atom. The SMILES string of the molecule is CNc1cc(NC2CC2C)nc(-c2ccccc2)n1. The highest BCUT2D eigenvalue weighted by molar-refractivity contribution is 5.61. The molecular formula is C15H18N4. The van der Waals surface area contributed by atoms with Crippen molar-refractivity contribution in [2.45, 2.75) is 19.4 Å². The first kappa shape index (κ1) is 12.0. The second-order valence-electron chi connectivity index (χ2n) is 5.04. The van der Waals surface area contributed by atoms with Crippen molar-refractivity contribution >= 4 is 11.6 Å². The van der Waals surface area contributed by atoms with Crippen LogP contribution in [0.4, 0.5) is 11.6 Å². The average Bonchev–Trinajstić information content (AvgIpc) is 3.14. The summed E-state index contributed by atoms with van der Waals surface area (Å²) in [6, 6.07) is 12.6. The lowest BCUT2D eigenvalue weighted by atomic mass is 10.2. The summed E-state index contributed by atoms with van der Waals surface area (Å²) in [4.78, 5) is 9.11. The summed E-state index contributed by atoms with van der Waals surface area (Å²) in [6.45, 7) is 2.25. The van der Waals surface area contributed by atoms with Crippen LogP contribution in [0, 0.1) is 5.92 Å². The molecule has 4 nitrogen and oxygen atoms in total. The third kappa shape index (κ3) is 2.67. The van der Waals surface area contributed by atoms with Crippen LogP contribution in [0.25, 0.3) is 11.4 Å². The van der Waals surface area contributed by atoms with Crippen LogP contribution in [0.3, 0.4) is 0 Å². The molecule has 2 unspecified atom stereocenters. The van der Waals surface area contributed by atoms with Gasteiger partial charge in [0.2, 0.25) is 0 Å². The largest absolute Gasteiger partial charge is 0.373 e. The first-order valence-corrected chi connectivity index (χ1v) is 6.65. The molecule has 1 aromatic heterocycles. The fraction of sp³-hybridized carbons (Fsp3) is 0.333. The van der Waals surface area contributed by atoms with Gasteiger partial charge >= 0.3 is 0 Å². The van der Waals surface area contributed by atoms with Crippen LogP contribution in [0.5, 0.6) is 0 Å². The van der Waals surface area contributed by atoms with Gasteiger partial charge in [0.1, 0.15) is 11.6 Å². The normalized spacial score (nSPS) is 20.9. The zero-order chi connectivity index (χ0) is 13.2. The van der Waals surface area contributed by atoms with Gasteiger partial charge in [-0.1, -0.05) is 37.3 Å². The molecule has 1 saturated carbocycles. The molecule has 2 N–H and O–H groups in total. The predicted molar refractivity (Wildman–Crippen MR) is 78.2 cm³/mol. The highest BCUT2D eigenvalue weighted by Gasteiger charge is 2.32. The minimum absolute atomic E-state index is 0.559. The van der Waals surface area contributed by atoms with E-state index in [4.69, 9.17) is 0 Å². The van der Waals surface area contributed by atoms with E-state index in [0.29, 0.717) is 6.04 Å². The van der Waals surface area contributed by atoms with Gasteiger partial charge in [0.05, 0.1) is 0 Å². The second-order valence-corrected chi connectivity index (χ2v) is 5.04. The first-order chi connectivity index (χ1) is 9.26. The van der Waals surface area contributed by atoms with Gasteiger partial charge in [-0.3, -0.25) is 0 Å². The Morgan fingerprint density at radius 2 is 1.79 bits per heavy atom.